The quantitative estimate of drug-likeness (QED) is 0.534. The molecule has 1 aliphatic rings. The summed E-state index contributed by atoms with van der Waals surface area (Å²) in [6, 6.07) is 0. The SMILES string of the molecule is CCC(=O)C1(F)CC1. The fourth-order valence-electron chi connectivity index (χ4n) is 0.705. The molecule has 1 nitrogen and oxygen atoms in total. The minimum Gasteiger partial charge on any atom is -0.296 e. The van der Waals surface area contributed by atoms with E-state index in [-0.39, 0.29) is 5.78 Å². The van der Waals surface area contributed by atoms with Crippen molar-refractivity contribution in [3.8, 4) is 0 Å². The van der Waals surface area contributed by atoms with Gasteiger partial charge in [0.05, 0.1) is 0 Å². The Morgan fingerprint density at radius 2 is 2.25 bits per heavy atom. The molecule has 0 bridgehead atoms. The predicted octanol–water partition coefficient (Wildman–Crippen LogP) is 1.47. The summed E-state index contributed by atoms with van der Waals surface area (Å²) in [5.41, 5.74) is -1.38. The van der Waals surface area contributed by atoms with Crippen molar-refractivity contribution in [2.75, 3.05) is 0 Å². The van der Waals surface area contributed by atoms with Crippen LogP contribution in [0.2, 0.25) is 0 Å². The summed E-state index contributed by atoms with van der Waals surface area (Å²) in [6.45, 7) is 1.70. The Morgan fingerprint density at radius 3 is 2.38 bits per heavy atom. The van der Waals surface area contributed by atoms with Gasteiger partial charge in [0.25, 0.3) is 0 Å². The summed E-state index contributed by atoms with van der Waals surface area (Å²) in [4.78, 5) is 10.5. The highest BCUT2D eigenvalue weighted by Gasteiger charge is 2.49. The van der Waals surface area contributed by atoms with E-state index in [4.69, 9.17) is 0 Å². The molecule has 0 heterocycles. The topological polar surface area (TPSA) is 17.1 Å². The fourth-order valence-corrected chi connectivity index (χ4v) is 0.705. The van der Waals surface area contributed by atoms with E-state index in [9.17, 15) is 9.18 Å². The molecule has 0 spiro atoms. The second-order valence-corrected chi connectivity index (χ2v) is 2.24. The molecule has 0 aromatic rings. The van der Waals surface area contributed by atoms with E-state index in [1.165, 1.54) is 0 Å². The monoisotopic (exact) mass is 116 g/mol. The van der Waals surface area contributed by atoms with Crippen molar-refractivity contribution in [1.29, 1.82) is 0 Å². The minimum absolute atomic E-state index is 0.225. The summed E-state index contributed by atoms with van der Waals surface area (Å²) in [5.74, 6) is -0.225. The second kappa shape index (κ2) is 1.54. The van der Waals surface area contributed by atoms with Gasteiger partial charge in [-0.15, -0.1) is 0 Å². The first-order chi connectivity index (χ1) is 3.69. The first-order valence-electron chi connectivity index (χ1n) is 2.91. The Kier molecular flexibility index (Phi) is 1.10. The first kappa shape index (κ1) is 5.73. The summed E-state index contributed by atoms with van der Waals surface area (Å²) in [6.07, 6.45) is 1.26. The molecule has 0 atom stereocenters. The minimum atomic E-state index is -1.38. The molecule has 2 heteroatoms. The number of hydrogen-bond acceptors (Lipinski definition) is 1. The van der Waals surface area contributed by atoms with Crippen LogP contribution in [-0.4, -0.2) is 11.5 Å². The summed E-state index contributed by atoms with van der Waals surface area (Å²) in [7, 11) is 0. The molecule has 8 heavy (non-hydrogen) atoms. The van der Waals surface area contributed by atoms with Crippen molar-refractivity contribution in [1.82, 2.24) is 0 Å². The van der Waals surface area contributed by atoms with Crippen molar-refractivity contribution in [3.63, 3.8) is 0 Å². The van der Waals surface area contributed by atoms with Crippen molar-refractivity contribution >= 4 is 5.78 Å². The maximum Gasteiger partial charge on any atom is 0.169 e. The molecule has 0 aliphatic heterocycles. The van der Waals surface area contributed by atoms with Gasteiger partial charge in [-0.1, -0.05) is 6.92 Å². The van der Waals surface area contributed by atoms with Gasteiger partial charge in [-0.25, -0.2) is 4.39 Å². The first-order valence-corrected chi connectivity index (χ1v) is 2.91. The Balaban J connectivity index is 2.46. The number of Topliss-reactive ketones (excluding diaryl/α,β-unsaturated/α-hetero) is 1. The Morgan fingerprint density at radius 1 is 1.75 bits per heavy atom. The van der Waals surface area contributed by atoms with Gasteiger partial charge in [-0.3, -0.25) is 4.79 Å². The molecule has 0 aromatic carbocycles. The van der Waals surface area contributed by atoms with Crippen LogP contribution in [0.5, 0.6) is 0 Å². The molecule has 1 fully saturated rings. The number of carbonyl (C=O) groups excluding carboxylic acids is 1. The number of rotatable bonds is 2. The molecule has 46 valence electrons. The van der Waals surface area contributed by atoms with Crippen LogP contribution in [0.15, 0.2) is 0 Å². The summed E-state index contributed by atoms with van der Waals surface area (Å²) >= 11 is 0. The van der Waals surface area contributed by atoms with Crippen LogP contribution in [0.3, 0.4) is 0 Å². The molecular formula is C6H9FO. The number of hydrogen-bond donors (Lipinski definition) is 0. The highest BCUT2D eigenvalue weighted by atomic mass is 19.1. The molecular weight excluding hydrogens is 107 g/mol. The lowest BCUT2D eigenvalue weighted by atomic mass is 10.2. The van der Waals surface area contributed by atoms with E-state index in [1.54, 1.807) is 6.92 Å². The van der Waals surface area contributed by atoms with Crippen LogP contribution in [0.25, 0.3) is 0 Å². The Bertz CT molecular complexity index is 116. The van der Waals surface area contributed by atoms with E-state index < -0.39 is 5.67 Å². The van der Waals surface area contributed by atoms with Crippen LogP contribution in [0.1, 0.15) is 26.2 Å². The third-order valence-corrected chi connectivity index (χ3v) is 1.51. The average molecular weight is 116 g/mol. The fraction of sp³-hybridized carbons (Fsp3) is 0.833. The van der Waals surface area contributed by atoms with Gasteiger partial charge in [0.15, 0.2) is 11.5 Å². The zero-order valence-electron chi connectivity index (χ0n) is 4.91. The van der Waals surface area contributed by atoms with E-state index in [0.29, 0.717) is 19.3 Å². The lowest BCUT2D eigenvalue weighted by Gasteiger charge is -1.96. The maximum absolute atomic E-state index is 12.5. The molecule has 0 unspecified atom stereocenters. The molecule has 1 rings (SSSR count). The van der Waals surface area contributed by atoms with E-state index >= 15 is 0 Å². The molecule has 1 saturated carbocycles. The van der Waals surface area contributed by atoms with Crippen molar-refractivity contribution in [2.24, 2.45) is 0 Å². The Hall–Kier alpha value is -0.400. The Labute approximate surface area is 47.9 Å². The largest absolute Gasteiger partial charge is 0.296 e. The van der Waals surface area contributed by atoms with Gasteiger partial charge in [0.2, 0.25) is 0 Å². The van der Waals surface area contributed by atoms with Crippen LogP contribution in [0.4, 0.5) is 4.39 Å². The number of carbonyl (C=O) groups is 1. The number of ketones is 1. The van der Waals surface area contributed by atoms with Gasteiger partial charge < -0.3 is 0 Å². The van der Waals surface area contributed by atoms with Gasteiger partial charge in [-0.05, 0) is 12.8 Å². The third kappa shape index (κ3) is 0.746. The summed E-state index contributed by atoms with van der Waals surface area (Å²) < 4.78 is 12.5. The van der Waals surface area contributed by atoms with Crippen molar-refractivity contribution in [3.05, 3.63) is 0 Å². The normalized spacial score (nSPS) is 22.8. The van der Waals surface area contributed by atoms with Crippen LogP contribution < -0.4 is 0 Å². The zero-order chi connectivity index (χ0) is 6.20. The van der Waals surface area contributed by atoms with E-state index in [0.717, 1.165) is 0 Å². The number of halogens is 1. The van der Waals surface area contributed by atoms with Crippen LogP contribution >= 0.6 is 0 Å². The molecule has 0 saturated heterocycles. The van der Waals surface area contributed by atoms with E-state index in [1.807, 2.05) is 0 Å². The van der Waals surface area contributed by atoms with Crippen LogP contribution in [-0.2, 0) is 4.79 Å². The highest BCUT2D eigenvalue weighted by molar-refractivity contribution is 5.89. The second-order valence-electron chi connectivity index (χ2n) is 2.24. The van der Waals surface area contributed by atoms with Crippen molar-refractivity contribution in [2.45, 2.75) is 31.9 Å². The third-order valence-electron chi connectivity index (χ3n) is 1.51. The van der Waals surface area contributed by atoms with E-state index in [2.05, 4.69) is 0 Å². The maximum atomic E-state index is 12.5. The van der Waals surface area contributed by atoms with Gasteiger partial charge in [0, 0.05) is 6.42 Å². The van der Waals surface area contributed by atoms with Gasteiger partial charge in [-0.2, -0.15) is 0 Å². The lowest BCUT2D eigenvalue weighted by molar-refractivity contribution is -0.124. The average Bonchev–Trinajstić information content (AvgIpc) is 2.47. The van der Waals surface area contributed by atoms with Gasteiger partial charge >= 0.3 is 0 Å². The standard InChI is InChI=1S/C6H9FO/c1-2-5(8)6(7)3-4-6/h2-4H2,1H3. The lowest BCUT2D eigenvalue weighted by Crippen LogP contribution is -2.14. The zero-order valence-corrected chi connectivity index (χ0v) is 4.91. The number of alkyl halides is 1. The van der Waals surface area contributed by atoms with Crippen LogP contribution in [0, 0.1) is 0 Å². The molecule has 0 radical (unpaired) electrons. The molecule has 0 N–H and O–H groups in total. The predicted molar refractivity (Wildman–Crippen MR) is 28.4 cm³/mol. The smallest absolute Gasteiger partial charge is 0.169 e. The highest BCUT2D eigenvalue weighted by Crippen LogP contribution is 2.41. The molecule has 0 aromatic heterocycles. The van der Waals surface area contributed by atoms with Gasteiger partial charge in [0.1, 0.15) is 0 Å². The molecule has 0 amide bonds. The van der Waals surface area contributed by atoms with Crippen molar-refractivity contribution < 1.29 is 9.18 Å². The summed E-state index contributed by atoms with van der Waals surface area (Å²) in [5, 5.41) is 0. The molecule has 1 aliphatic carbocycles.